The van der Waals surface area contributed by atoms with Crippen molar-refractivity contribution in [2.45, 2.75) is 44.1 Å². The topological polar surface area (TPSA) is 64.6 Å². The minimum Gasteiger partial charge on any atom is -0.593 e. The van der Waals surface area contributed by atoms with Crippen molar-refractivity contribution in [1.82, 2.24) is 9.62 Å². The molecule has 1 aromatic rings. The third kappa shape index (κ3) is 6.53. The molecule has 1 saturated heterocycles. The van der Waals surface area contributed by atoms with E-state index in [2.05, 4.69) is 5.32 Å². The van der Waals surface area contributed by atoms with Crippen LogP contribution >= 0.6 is 23.2 Å². The Morgan fingerprint density at radius 3 is 2.52 bits per heavy atom. The quantitative estimate of drug-likeness (QED) is 0.758. The molecule has 1 fully saturated rings. The van der Waals surface area contributed by atoms with E-state index in [0.29, 0.717) is 40.5 Å². The van der Waals surface area contributed by atoms with Gasteiger partial charge in [-0.05, 0) is 51.7 Å². The van der Waals surface area contributed by atoms with Crippen LogP contribution in [0.4, 0.5) is 4.79 Å². The summed E-state index contributed by atoms with van der Waals surface area (Å²) in [6.45, 7) is 7.49. The van der Waals surface area contributed by atoms with Crippen LogP contribution in [0.3, 0.4) is 0 Å². The van der Waals surface area contributed by atoms with Crippen LogP contribution in [0.5, 0.6) is 0 Å². The number of carbonyl (C=O) groups excluding carboxylic acids is 1. The molecule has 1 N–H and O–H groups in total. The molecule has 1 amide bonds. The predicted molar refractivity (Wildman–Crippen MR) is 101 cm³/mol. The van der Waals surface area contributed by atoms with E-state index in [1.165, 1.54) is 0 Å². The Balaban J connectivity index is 1.79. The highest BCUT2D eigenvalue weighted by Crippen LogP contribution is 2.28. The summed E-state index contributed by atoms with van der Waals surface area (Å²) in [7, 11) is 0. The van der Waals surface area contributed by atoms with Crippen LogP contribution in [0.15, 0.2) is 23.1 Å². The van der Waals surface area contributed by atoms with Crippen molar-refractivity contribution < 1.29 is 14.1 Å². The Hall–Kier alpha value is -0.660. The van der Waals surface area contributed by atoms with Gasteiger partial charge in [0.15, 0.2) is 4.90 Å². The number of nitrogens with one attached hydrogen (secondary N) is 1. The predicted octanol–water partition coefficient (Wildman–Crippen LogP) is 4.25. The fraction of sp³-hybridized carbons (Fsp3) is 0.588. The van der Waals surface area contributed by atoms with Gasteiger partial charge in [0.1, 0.15) is 5.60 Å². The maximum atomic E-state index is 12.6. The zero-order valence-corrected chi connectivity index (χ0v) is 17.0. The number of halogens is 2. The SMILES string of the molecule is CC(C)(C)OC(=O)NCC1CCN([S+]([O-])c2ccc(Cl)c(Cl)c2)CC1. The average Bonchev–Trinajstić information content (AvgIpc) is 2.54. The smallest absolute Gasteiger partial charge is 0.407 e. The van der Waals surface area contributed by atoms with Crippen LogP contribution in [0.25, 0.3) is 0 Å². The molecule has 1 aliphatic heterocycles. The third-order valence-electron chi connectivity index (χ3n) is 3.83. The molecule has 0 aliphatic carbocycles. The van der Waals surface area contributed by atoms with Gasteiger partial charge in [-0.15, -0.1) is 4.31 Å². The van der Waals surface area contributed by atoms with E-state index in [-0.39, 0.29) is 0 Å². The number of alkyl carbamates (subject to hydrolysis) is 1. The van der Waals surface area contributed by atoms with Gasteiger partial charge in [-0.2, -0.15) is 0 Å². The lowest BCUT2D eigenvalue weighted by molar-refractivity contribution is 0.0513. The molecule has 0 radical (unpaired) electrons. The van der Waals surface area contributed by atoms with Crippen molar-refractivity contribution in [3.8, 4) is 0 Å². The highest BCUT2D eigenvalue weighted by atomic mass is 35.5. The van der Waals surface area contributed by atoms with Gasteiger partial charge in [-0.1, -0.05) is 23.2 Å². The number of rotatable bonds is 4. The van der Waals surface area contributed by atoms with Gasteiger partial charge in [0, 0.05) is 25.7 Å². The minimum absolute atomic E-state index is 0.356. The number of hydrogen-bond donors (Lipinski definition) is 1. The summed E-state index contributed by atoms with van der Waals surface area (Å²) in [5.74, 6) is 0.356. The van der Waals surface area contributed by atoms with Gasteiger partial charge in [-0.3, -0.25) is 0 Å². The molecule has 0 aromatic heterocycles. The van der Waals surface area contributed by atoms with Gasteiger partial charge >= 0.3 is 6.09 Å². The second-order valence-corrected chi connectivity index (χ2v) is 9.38. The summed E-state index contributed by atoms with van der Waals surface area (Å²) < 4.78 is 19.8. The maximum Gasteiger partial charge on any atom is 0.407 e. The van der Waals surface area contributed by atoms with Crippen molar-refractivity contribution in [2.24, 2.45) is 5.92 Å². The maximum absolute atomic E-state index is 12.6. The number of hydrogen-bond acceptors (Lipinski definition) is 4. The fourth-order valence-electron chi connectivity index (χ4n) is 2.56. The van der Waals surface area contributed by atoms with E-state index in [1.54, 1.807) is 18.2 Å². The summed E-state index contributed by atoms with van der Waals surface area (Å²) in [4.78, 5) is 12.4. The highest BCUT2D eigenvalue weighted by Gasteiger charge is 2.29. The summed E-state index contributed by atoms with van der Waals surface area (Å²) >= 11 is 10.6. The highest BCUT2D eigenvalue weighted by molar-refractivity contribution is 7.89. The number of nitrogens with zero attached hydrogens (tertiary/aromatic N) is 1. The van der Waals surface area contributed by atoms with E-state index in [1.807, 2.05) is 25.1 Å². The molecule has 25 heavy (non-hydrogen) atoms. The van der Waals surface area contributed by atoms with E-state index in [0.717, 1.165) is 12.8 Å². The number of ether oxygens (including phenoxy) is 1. The van der Waals surface area contributed by atoms with E-state index < -0.39 is 23.1 Å². The molecule has 1 aromatic carbocycles. The standard InChI is InChI=1S/C17H24Cl2N2O3S/c1-17(2,3)24-16(22)20-11-12-6-8-21(9-7-12)25(23)13-4-5-14(18)15(19)10-13/h4-5,10,12H,6-9,11H2,1-3H3,(H,20,22). The van der Waals surface area contributed by atoms with Gasteiger partial charge in [0.25, 0.3) is 0 Å². The lowest BCUT2D eigenvalue weighted by atomic mass is 9.98. The van der Waals surface area contributed by atoms with Crippen LogP contribution in [0.1, 0.15) is 33.6 Å². The summed E-state index contributed by atoms with van der Waals surface area (Å²) in [5.41, 5.74) is -0.496. The van der Waals surface area contributed by atoms with E-state index >= 15 is 0 Å². The lowest BCUT2D eigenvalue weighted by Crippen LogP contribution is -2.42. The molecule has 140 valence electrons. The van der Waals surface area contributed by atoms with E-state index in [4.69, 9.17) is 27.9 Å². The third-order valence-corrected chi connectivity index (χ3v) is 6.07. The first-order valence-electron chi connectivity index (χ1n) is 8.24. The molecule has 1 heterocycles. The number of piperidine rings is 1. The normalized spacial score (nSPS) is 18.0. The van der Waals surface area contributed by atoms with Crippen molar-refractivity contribution in [3.05, 3.63) is 28.2 Å². The van der Waals surface area contributed by atoms with Gasteiger partial charge in [0.05, 0.1) is 21.4 Å². The Bertz CT molecular complexity index is 602. The Morgan fingerprint density at radius 2 is 1.96 bits per heavy atom. The van der Waals surface area contributed by atoms with Crippen LogP contribution in [0.2, 0.25) is 10.0 Å². The van der Waals surface area contributed by atoms with E-state index in [9.17, 15) is 9.35 Å². The van der Waals surface area contributed by atoms with Gasteiger partial charge in [-0.25, -0.2) is 4.79 Å². The zero-order valence-electron chi connectivity index (χ0n) is 14.7. The van der Waals surface area contributed by atoms with Crippen molar-refractivity contribution >= 4 is 40.7 Å². The van der Waals surface area contributed by atoms with Crippen molar-refractivity contribution in [3.63, 3.8) is 0 Å². The number of carbonyl (C=O) groups is 1. The molecule has 0 bridgehead atoms. The fourth-order valence-corrected chi connectivity index (χ4v) is 4.16. The zero-order chi connectivity index (χ0) is 18.6. The largest absolute Gasteiger partial charge is 0.593 e. The monoisotopic (exact) mass is 406 g/mol. The molecule has 5 nitrogen and oxygen atoms in total. The summed E-state index contributed by atoms with van der Waals surface area (Å²) in [6.07, 6.45) is 1.33. The molecule has 1 unspecified atom stereocenters. The number of benzene rings is 1. The van der Waals surface area contributed by atoms with Crippen LogP contribution in [0, 0.1) is 5.92 Å². The summed E-state index contributed by atoms with van der Waals surface area (Å²) in [5, 5.41) is 3.67. The molecular formula is C17H24Cl2N2O3S. The molecule has 2 rings (SSSR count). The second-order valence-electron chi connectivity index (χ2n) is 7.08. The molecule has 0 saturated carbocycles. The van der Waals surface area contributed by atoms with Gasteiger partial charge < -0.3 is 14.6 Å². The molecule has 1 atom stereocenters. The number of amides is 1. The average molecular weight is 407 g/mol. The Kier molecular flexibility index (Phi) is 7.29. The van der Waals surface area contributed by atoms with Crippen LogP contribution < -0.4 is 5.32 Å². The van der Waals surface area contributed by atoms with Gasteiger partial charge in [0.2, 0.25) is 0 Å². The van der Waals surface area contributed by atoms with Crippen LogP contribution in [-0.2, 0) is 16.1 Å². The minimum atomic E-state index is -1.25. The van der Waals surface area contributed by atoms with Crippen molar-refractivity contribution in [2.75, 3.05) is 19.6 Å². The van der Waals surface area contributed by atoms with Crippen LogP contribution in [-0.4, -0.2) is 40.2 Å². The lowest BCUT2D eigenvalue weighted by Gasteiger charge is -2.31. The first-order chi connectivity index (χ1) is 11.7. The molecule has 8 heteroatoms. The molecule has 1 aliphatic rings. The van der Waals surface area contributed by atoms with Crippen molar-refractivity contribution in [1.29, 1.82) is 0 Å². The molecule has 0 spiro atoms. The Morgan fingerprint density at radius 1 is 1.32 bits per heavy atom. The molecular weight excluding hydrogens is 383 g/mol. The second kappa shape index (κ2) is 8.82. The first-order valence-corrected chi connectivity index (χ1v) is 10.1. The summed E-state index contributed by atoms with van der Waals surface area (Å²) in [6, 6.07) is 5.05. The Labute approximate surface area is 162 Å². The first kappa shape index (κ1) is 20.6.